The van der Waals surface area contributed by atoms with Crippen molar-refractivity contribution in [3.8, 4) is 0 Å². The van der Waals surface area contributed by atoms with Crippen molar-refractivity contribution in [2.24, 2.45) is 0 Å². The van der Waals surface area contributed by atoms with Gasteiger partial charge < -0.3 is 4.74 Å². The second-order valence-corrected chi connectivity index (χ2v) is 2.67. The predicted octanol–water partition coefficient (Wildman–Crippen LogP) is 2.85. The van der Waals surface area contributed by atoms with E-state index in [-0.39, 0.29) is 24.6 Å². The van der Waals surface area contributed by atoms with Crippen LogP contribution in [0.1, 0.15) is 12.8 Å². The quantitative estimate of drug-likeness (QED) is 0.608. The van der Waals surface area contributed by atoms with E-state index in [0.29, 0.717) is 0 Å². The molecule has 0 spiro atoms. The van der Waals surface area contributed by atoms with Crippen LogP contribution in [0.5, 0.6) is 0 Å². The molecule has 0 saturated heterocycles. The first-order valence-electron chi connectivity index (χ1n) is 3.26. The third-order valence-electron chi connectivity index (χ3n) is 0.967. The Morgan fingerprint density at radius 2 is 1.36 bits per heavy atom. The number of halogens is 4. The van der Waals surface area contributed by atoms with E-state index >= 15 is 0 Å². The zero-order valence-corrected chi connectivity index (χ0v) is 7.42. The molecule has 11 heavy (non-hydrogen) atoms. The highest BCUT2D eigenvalue weighted by molar-refractivity contribution is 6.18. The second-order valence-electron chi connectivity index (χ2n) is 1.91. The molecule has 0 aromatic heterocycles. The van der Waals surface area contributed by atoms with Gasteiger partial charge in [0.05, 0.1) is 0 Å². The van der Waals surface area contributed by atoms with E-state index in [1.165, 1.54) is 0 Å². The molecule has 0 aliphatic carbocycles. The van der Waals surface area contributed by atoms with Gasteiger partial charge in [0.1, 0.15) is 0 Å². The summed E-state index contributed by atoms with van der Waals surface area (Å²) in [6, 6.07) is 0. The minimum Gasteiger partial charge on any atom is -0.314 e. The van der Waals surface area contributed by atoms with Crippen LogP contribution < -0.4 is 0 Å². The lowest BCUT2D eigenvalue weighted by molar-refractivity contribution is -0.139. The average Bonchev–Trinajstić information content (AvgIpc) is 1.87. The highest BCUT2D eigenvalue weighted by Crippen LogP contribution is 2.09. The van der Waals surface area contributed by atoms with Gasteiger partial charge in [-0.05, 0) is 0 Å². The lowest BCUT2D eigenvalue weighted by Gasteiger charge is -2.10. The largest absolute Gasteiger partial charge is 0.314 e. The van der Waals surface area contributed by atoms with Crippen LogP contribution in [0.25, 0.3) is 0 Å². The van der Waals surface area contributed by atoms with Crippen LogP contribution >= 0.6 is 23.2 Å². The molecule has 0 rings (SSSR count). The SMILES string of the molecule is FC(CCCl)OC(F)CCCl. The molecular weight excluding hydrogens is 197 g/mol. The first-order chi connectivity index (χ1) is 5.20. The Morgan fingerprint density at radius 3 is 1.64 bits per heavy atom. The molecule has 0 aliphatic heterocycles. The summed E-state index contributed by atoms with van der Waals surface area (Å²) in [7, 11) is 0. The third-order valence-corrected chi connectivity index (χ3v) is 1.40. The predicted molar refractivity (Wildman–Crippen MR) is 41.6 cm³/mol. The maximum Gasteiger partial charge on any atom is 0.203 e. The minimum atomic E-state index is -1.62. The summed E-state index contributed by atoms with van der Waals surface area (Å²) < 4.78 is 29.0. The Kier molecular flexibility index (Phi) is 7.33. The number of rotatable bonds is 6. The lowest BCUT2D eigenvalue weighted by atomic mass is 10.4. The molecule has 2 unspecified atom stereocenters. The summed E-state index contributed by atoms with van der Waals surface area (Å²) in [5, 5.41) is 0. The van der Waals surface area contributed by atoms with E-state index in [1.54, 1.807) is 0 Å². The second kappa shape index (κ2) is 7.07. The summed E-state index contributed by atoms with van der Waals surface area (Å²) in [6.45, 7) is 0. The fourth-order valence-corrected chi connectivity index (χ4v) is 0.811. The van der Waals surface area contributed by atoms with Crippen LogP contribution in [0.3, 0.4) is 0 Å². The van der Waals surface area contributed by atoms with Gasteiger partial charge in [0.2, 0.25) is 12.7 Å². The Hall–Kier alpha value is 0.400. The molecule has 5 heteroatoms. The summed E-state index contributed by atoms with van der Waals surface area (Å²) in [5.74, 6) is 0.240. The van der Waals surface area contributed by atoms with Crippen LogP contribution in [0.2, 0.25) is 0 Å². The van der Waals surface area contributed by atoms with Crippen molar-refractivity contribution >= 4 is 23.2 Å². The van der Waals surface area contributed by atoms with Gasteiger partial charge in [0, 0.05) is 24.6 Å². The van der Waals surface area contributed by atoms with Crippen molar-refractivity contribution in [2.75, 3.05) is 11.8 Å². The van der Waals surface area contributed by atoms with Gasteiger partial charge in [-0.15, -0.1) is 23.2 Å². The van der Waals surface area contributed by atoms with Crippen molar-refractivity contribution in [2.45, 2.75) is 25.6 Å². The van der Waals surface area contributed by atoms with Crippen molar-refractivity contribution < 1.29 is 13.5 Å². The maximum absolute atomic E-state index is 12.4. The molecule has 0 fully saturated rings. The number of ether oxygens (including phenoxy) is 1. The maximum atomic E-state index is 12.4. The molecule has 0 aromatic rings. The van der Waals surface area contributed by atoms with Crippen LogP contribution in [0.4, 0.5) is 8.78 Å². The monoisotopic (exact) mass is 206 g/mol. The van der Waals surface area contributed by atoms with Crippen LogP contribution in [-0.4, -0.2) is 24.5 Å². The fraction of sp³-hybridized carbons (Fsp3) is 1.00. The van der Waals surface area contributed by atoms with Crippen molar-refractivity contribution in [1.82, 2.24) is 0 Å². The van der Waals surface area contributed by atoms with Crippen molar-refractivity contribution in [1.29, 1.82) is 0 Å². The van der Waals surface area contributed by atoms with Gasteiger partial charge in [0.15, 0.2) is 0 Å². The molecule has 0 amide bonds. The highest BCUT2D eigenvalue weighted by Gasteiger charge is 2.13. The minimum absolute atomic E-state index is 0.00423. The van der Waals surface area contributed by atoms with Crippen molar-refractivity contribution in [3.05, 3.63) is 0 Å². The molecule has 0 aromatic carbocycles. The van der Waals surface area contributed by atoms with Crippen LogP contribution in [-0.2, 0) is 4.74 Å². The van der Waals surface area contributed by atoms with E-state index in [1.807, 2.05) is 0 Å². The Balaban J connectivity index is 3.32. The summed E-state index contributed by atoms with van der Waals surface area (Å²) >= 11 is 10.4. The molecular formula is C6H10Cl2F2O. The van der Waals surface area contributed by atoms with E-state index in [2.05, 4.69) is 4.74 Å². The third kappa shape index (κ3) is 6.78. The summed E-state index contributed by atoms with van der Waals surface area (Å²) in [4.78, 5) is 0. The average molecular weight is 207 g/mol. The molecule has 2 atom stereocenters. The summed E-state index contributed by atoms with van der Waals surface area (Å²) in [6.07, 6.45) is -3.23. The molecule has 0 bridgehead atoms. The van der Waals surface area contributed by atoms with Gasteiger partial charge in [0.25, 0.3) is 0 Å². The topological polar surface area (TPSA) is 9.23 Å². The Labute approximate surface area is 74.6 Å². The first kappa shape index (κ1) is 11.4. The molecule has 0 saturated carbocycles. The van der Waals surface area contributed by atoms with Crippen molar-refractivity contribution in [3.63, 3.8) is 0 Å². The van der Waals surface area contributed by atoms with Gasteiger partial charge in [-0.2, -0.15) is 0 Å². The zero-order valence-electron chi connectivity index (χ0n) is 5.90. The number of hydrogen-bond acceptors (Lipinski definition) is 1. The smallest absolute Gasteiger partial charge is 0.203 e. The van der Waals surface area contributed by atoms with Gasteiger partial charge in [-0.1, -0.05) is 0 Å². The van der Waals surface area contributed by atoms with E-state index < -0.39 is 12.7 Å². The lowest BCUT2D eigenvalue weighted by Crippen LogP contribution is -2.15. The summed E-state index contributed by atoms with van der Waals surface area (Å²) in [5.41, 5.74) is 0. The van der Waals surface area contributed by atoms with Gasteiger partial charge in [-0.3, -0.25) is 0 Å². The number of hydrogen-bond donors (Lipinski definition) is 0. The Bertz CT molecular complexity index is 84.7. The number of alkyl halides is 4. The molecule has 0 N–H and O–H groups in total. The molecule has 1 nitrogen and oxygen atoms in total. The van der Waals surface area contributed by atoms with E-state index in [0.717, 1.165) is 0 Å². The molecule has 0 heterocycles. The van der Waals surface area contributed by atoms with Crippen LogP contribution in [0, 0.1) is 0 Å². The molecule has 68 valence electrons. The molecule has 0 radical (unpaired) electrons. The fourth-order valence-electron chi connectivity index (χ4n) is 0.468. The van der Waals surface area contributed by atoms with E-state index in [4.69, 9.17) is 23.2 Å². The normalized spacial score (nSPS) is 16.4. The van der Waals surface area contributed by atoms with Gasteiger partial charge >= 0.3 is 0 Å². The highest BCUT2D eigenvalue weighted by atomic mass is 35.5. The standard InChI is InChI=1S/C6H10Cl2F2O/c7-3-1-5(9)11-6(10)2-4-8/h5-6H,1-4H2. The van der Waals surface area contributed by atoms with E-state index in [9.17, 15) is 8.78 Å². The molecule has 0 aliphatic rings. The first-order valence-corrected chi connectivity index (χ1v) is 4.33. The Morgan fingerprint density at radius 1 is 1.00 bits per heavy atom. The van der Waals surface area contributed by atoms with Crippen LogP contribution in [0.15, 0.2) is 0 Å². The van der Waals surface area contributed by atoms with Gasteiger partial charge in [-0.25, -0.2) is 8.78 Å². The zero-order chi connectivity index (χ0) is 8.69.